The molecule has 112 valence electrons. The molecule has 0 radical (unpaired) electrons. The molecule has 0 atom stereocenters. The van der Waals surface area contributed by atoms with Gasteiger partial charge in [-0.1, -0.05) is 6.92 Å². The second-order valence-corrected chi connectivity index (χ2v) is 6.08. The molecule has 1 N–H and O–H groups in total. The van der Waals surface area contributed by atoms with Crippen molar-refractivity contribution in [2.24, 2.45) is 0 Å². The summed E-state index contributed by atoms with van der Waals surface area (Å²) < 4.78 is 72.2. The van der Waals surface area contributed by atoms with Crippen LogP contribution in [0.15, 0.2) is 29.2 Å². The lowest BCUT2D eigenvalue weighted by Crippen LogP contribution is -2.40. The molecular weight excluding hydrogens is 302 g/mol. The summed E-state index contributed by atoms with van der Waals surface area (Å²) in [6, 6.07) is 4.27. The van der Waals surface area contributed by atoms with Crippen molar-refractivity contribution in [2.45, 2.75) is 24.2 Å². The fourth-order valence-corrected chi connectivity index (χ4v) is 2.11. The summed E-state index contributed by atoms with van der Waals surface area (Å²) in [5.41, 5.74) is -0.203. The summed E-state index contributed by atoms with van der Waals surface area (Å²) in [7, 11) is -3.47. The maximum atomic E-state index is 12.7. The van der Waals surface area contributed by atoms with Gasteiger partial charge in [0, 0.05) is 5.69 Å². The van der Waals surface area contributed by atoms with Crippen LogP contribution in [0.3, 0.4) is 0 Å². The zero-order valence-electron chi connectivity index (χ0n) is 10.2. The van der Waals surface area contributed by atoms with Crippen molar-refractivity contribution in [3.8, 4) is 0 Å². The minimum absolute atomic E-state index is 0.0568. The molecule has 0 unspecified atom stereocenters. The zero-order chi connectivity index (χ0) is 15.6. The first-order valence-electron chi connectivity index (χ1n) is 5.41. The molecular formula is C11H11F4NO3S. The van der Waals surface area contributed by atoms with E-state index in [4.69, 9.17) is 0 Å². The van der Waals surface area contributed by atoms with Crippen LogP contribution in [-0.4, -0.2) is 32.4 Å². The lowest BCUT2D eigenvalue weighted by atomic mass is 10.3. The topological polar surface area (TPSA) is 63.2 Å². The smallest absolute Gasteiger partial charge is 0.321 e. The number of sulfone groups is 1. The fourth-order valence-electron chi connectivity index (χ4n) is 1.23. The highest BCUT2D eigenvalue weighted by Crippen LogP contribution is 2.25. The molecule has 9 heteroatoms. The molecule has 0 aliphatic rings. The van der Waals surface area contributed by atoms with Crippen LogP contribution in [0.4, 0.5) is 23.2 Å². The zero-order valence-corrected chi connectivity index (χ0v) is 11.1. The van der Waals surface area contributed by atoms with E-state index in [0.717, 1.165) is 24.3 Å². The van der Waals surface area contributed by atoms with Crippen molar-refractivity contribution >= 4 is 21.4 Å². The van der Waals surface area contributed by atoms with Gasteiger partial charge < -0.3 is 5.32 Å². The van der Waals surface area contributed by atoms with Crippen molar-refractivity contribution in [3.63, 3.8) is 0 Å². The third-order valence-electron chi connectivity index (χ3n) is 2.43. The summed E-state index contributed by atoms with van der Waals surface area (Å²) in [4.78, 5) is 10.9. The molecule has 0 bridgehead atoms. The quantitative estimate of drug-likeness (QED) is 0.849. The molecule has 1 aromatic rings. The summed E-state index contributed by atoms with van der Waals surface area (Å²) in [5.74, 6) is -7.12. The highest BCUT2D eigenvalue weighted by molar-refractivity contribution is 7.91. The number of hydrogen-bond donors (Lipinski definition) is 1. The molecule has 1 aromatic carbocycles. The Balaban J connectivity index is 2.89. The van der Waals surface area contributed by atoms with E-state index >= 15 is 0 Å². The molecule has 0 aromatic heterocycles. The summed E-state index contributed by atoms with van der Waals surface area (Å²) >= 11 is 0. The van der Waals surface area contributed by atoms with Crippen molar-refractivity contribution in [1.29, 1.82) is 0 Å². The van der Waals surface area contributed by atoms with Gasteiger partial charge in [-0.15, -0.1) is 0 Å². The van der Waals surface area contributed by atoms with Gasteiger partial charge in [-0.05, 0) is 24.3 Å². The predicted octanol–water partition coefficient (Wildman–Crippen LogP) is 2.32. The predicted molar refractivity (Wildman–Crippen MR) is 63.7 cm³/mol. The molecule has 0 aliphatic heterocycles. The first-order valence-corrected chi connectivity index (χ1v) is 7.06. The number of carbonyl (C=O) groups excluding carboxylic acids is 1. The Kier molecular flexibility index (Phi) is 4.74. The van der Waals surface area contributed by atoms with Crippen LogP contribution in [0.2, 0.25) is 0 Å². The Morgan fingerprint density at radius 1 is 1.25 bits per heavy atom. The van der Waals surface area contributed by atoms with Crippen LogP contribution in [0.25, 0.3) is 0 Å². The molecule has 1 amide bonds. The number of amides is 1. The molecule has 4 nitrogen and oxygen atoms in total. The molecule has 20 heavy (non-hydrogen) atoms. The Labute approximate surface area is 112 Å². The van der Waals surface area contributed by atoms with E-state index in [0.29, 0.717) is 0 Å². The normalized spacial score (nSPS) is 12.5. The van der Waals surface area contributed by atoms with Crippen LogP contribution < -0.4 is 5.32 Å². The minimum Gasteiger partial charge on any atom is -0.321 e. The number of benzene rings is 1. The Bertz CT molecular complexity index is 584. The maximum Gasteiger partial charge on any atom is 0.383 e. The van der Waals surface area contributed by atoms with Gasteiger partial charge >= 0.3 is 18.3 Å². The summed E-state index contributed by atoms with van der Waals surface area (Å²) in [6.45, 7) is 1.42. The standard InChI is InChI=1S/C11H11F4NO3S/c1-2-20(18,19)8-5-3-7(4-6-8)16-10(17)11(14,15)9(12)13/h3-6,9H,2H2,1H3,(H,16,17). The number of hydrogen-bond acceptors (Lipinski definition) is 3. The first-order chi connectivity index (χ1) is 9.11. The molecule has 0 saturated heterocycles. The third kappa shape index (κ3) is 3.47. The highest BCUT2D eigenvalue weighted by atomic mass is 32.2. The van der Waals surface area contributed by atoms with E-state index in [1.807, 2.05) is 0 Å². The van der Waals surface area contributed by atoms with E-state index in [1.165, 1.54) is 6.92 Å². The fraction of sp³-hybridized carbons (Fsp3) is 0.364. The third-order valence-corrected chi connectivity index (χ3v) is 4.18. The maximum absolute atomic E-state index is 12.7. The molecule has 0 aliphatic carbocycles. The average molecular weight is 313 g/mol. The Morgan fingerprint density at radius 3 is 2.15 bits per heavy atom. The van der Waals surface area contributed by atoms with E-state index in [9.17, 15) is 30.8 Å². The van der Waals surface area contributed by atoms with Crippen molar-refractivity contribution in [2.75, 3.05) is 11.1 Å². The van der Waals surface area contributed by atoms with Crippen LogP contribution in [0, 0.1) is 0 Å². The SMILES string of the molecule is CCS(=O)(=O)c1ccc(NC(=O)C(F)(F)C(F)F)cc1. The molecule has 0 spiro atoms. The number of halogens is 4. The van der Waals surface area contributed by atoms with Gasteiger partial charge in [0.1, 0.15) is 0 Å². The van der Waals surface area contributed by atoms with E-state index in [-0.39, 0.29) is 16.3 Å². The van der Waals surface area contributed by atoms with Crippen LogP contribution >= 0.6 is 0 Å². The highest BCUT2D eigenvalue weighted by Gasteiger charge is 2.48. The summed E-state index contributed by atoms with van der Waals surface area (Å²) in [5, 5.41) is 1.60. The number of rotatable bonds is 5. The van der Waals surface area contributed by atoms with Crippen LogP contribution in [0.5, 0.6) is 0 Å². The van der Waals surface area contributed by atoms with Crippen LogP contribution in [0.1, 0.15) is 6.92 Å². The lowest BCUT2D eigenvalue weighted by molar-refractivity contribution is -0.163. The molecule has 1 rings (SSSR count). The molecule has 0 fully saturated rings. The largest absolute Gasteiger partial charge is 0.383 e. The first kappa shape index (κ1) is 16.4. The van der Waals surface area contributed by atoms with Gasteiger partial charge in [0.2, 0.25) is 0 Å². The van der Waals surface area contributed by atoms with Gasteiger partial charge in [0.15, 0.2) is 9.84 Å². The summed E-state index contributed by atoms with van der Waals surface area (Å²) in [6.07, 6.45) is -4.12. The van der Waals surface area contributed by atoms with Gasteiger partial charge in [0.05, 0.1) is 10.6 Å². The van der Waals surface area contributed by atoms with E-state index < -0.39 is 28.1 Å². The number of alkyl halides is 4. The second kappa shape index (κ2) is 5.78. The number of anilines is 1. The monoisotopic (exact) mass is 313 g/mol. The van der Waals surface area contributed by atoms with Gasteiger partial charge in [-0.2, -0.15) is 8.78 Å². The van der Waals surface area contributed by atoms with E-state index in [2.05, 4.69) is 0 Å². The van der Waals surface area contributed by atoms with Gasteiger partial charge in [-0.3, -0.25) is 4.79 Å². The van der Waals surface area contributed by atoms with Crippen molar-refractivity contribution in [1.82, 2.24) is 0 Å². The lowest BCUT2D eigenvalue weighted by Gasteiger charge is -2.14. The molecule has 0 heterocycles. The molecule has 0 saturated carbocycles. The minimum atomic E-state index is -4.81. The van der Waals surface area contributed by atoms with Gasteiger partial charge in [-0.25, -0.2) is 17.2 Å². The van der Waals surface area contributed by atoms with Crippen molar-refractivity contribution < 1.29 is 30.8 Å². The average Bonchev–Trinajstić information content (AvgIpc) is 2.39. The van der Waals surface area contributed by atoms with Crippen LogP contribution in [-0.2, 0) is 14.6 Å². The van der Waals surface area contributed by atoms with Gasteiger partial charge in [0.25, 0.3) is 0 Å². The number of nitrogens with one attached hydrogen (secondary N) is 1. The Hall–Kier alpha value is -1.64. The number of carbonyl (C=O) groups is 1. The second-order valence-electron chi connectivity index (χ2n) is 3.81. The van der Waals surface area contributed by atoms with Crippen molar-refractivity contribution in [3.05, 3.63) is 24.3 Å². The Morgan fingerprint density at radius 2 is 1.75 bits per heavy atom. The van der Waals surface area contributed by atoms with E-state index in [1.54, 1.807) is 5.32 Å².